The molecule has 0 atom stereocenters. The number of hydrogen-bond acceptors (Lipinski definition) is 1. The predicted molar refractivity (Wildman–Crippen MR) is 78.9 cm³/mol. The number of aryl methyl sites for hydroxylation is 1. The highest BCUT2D eigenvalue weighted by Gasteiger charge is 2.34. The minimum Gasteiger partial charge on any atom is -0.354 e. The highest BCUT2D eigenvalue weighted by Crippen LogP contribution is 2.39. The summed E-state index contributed by atoms with van der Waals surface area (Å²) in [5.74, 6) is 0. The van der Waals surface area contributed by atoms with E-state index in [1.54, 1.807) is 12.1 Å². The predicted octanol–water partition coefficient (Wildman–Crippen LogP) is 4.97. The Morgan fingerprint density at radius 3 is 2.45 bits per heavy atom. The van der Waals surface area contributed by atoms with Crippen LogP contribution in [-0.4, -0.2) is 11.3 Å². The fourth-order valence-corrected chi connectivity index (χ4v) is 2.67. The van der Waals surface area contributed by atoms with E-state index in [9.17, 15) is 18.0 Å². The molecule has 0 spiro atoms. The summed E-state index contributed by atoms with van der Waals surface area (Å²) in [5, 5.41) is 0.627. The summed E-state index contributed by atoms with van der Waals surface area (Å²) < 4.78 is 39.6. The molecule has 0 unspecified atom stereocenters. The van der Waals surface area contributed by atoms with Gasteiger partial charge in [-0.2, -0.15) is 13.2 Å². The summed E-state index contributed by atoms with van der Waals surface area (Å²) in [4.78, 5) is 14.4. The Labute approximate surface area is 124 Å². The lowest BCUT2D eigenvalue weighted by atomic mass is 10.0. The summed E-state index contributed by atoms with van der Waals surface area (Å²) in [6.07, 6.45) is -3.89. The number of nitrogens with one attached hydrogen (secondary N) is 1. The van der Waals surface area contributed by atoms with Crippen LogP contribution in [0.3, 0.4) is 0 Å². The van der Waals surface area contributed by atoms with Crippen molar-refractivity contribution >= 4 is 17.2 Å². The molecule has 1 N–H and O–H groups in total. The van der Waals surface area contributed by atoms with E-state index in [-0.39, 0.29) is 16.8 Å². The SMILES string of the molecule is Cc1cccc2c(C=O)c(-c3ccccc3C(F)(F)F)[nH]c12. The molecule has 0 aliphatic heterocycles. The van der Waals surface area contributed by atoms with E-state index in [4.69, 9.17) is 0 Å². The van der Waals surface area contributed by atoms with E-state index >= 15 is 0 Å². The molecule has 1 heterocycles. The van der Waals surface area contributed by atoms with Gasteiger partial charge in [0.25, 0.3) is 0 Å². The largest absolute Gasteiger partial charge is 0.417 e. The van der Waals surface area contributed by atoms with Crippen LogP contribution in [0.25, 0.3) is 22.2 Å². The van der Waals surface area contributed by atoms with Gasteiger partial charge in [-0.05, 0) is 18.6 Å². The number of H-pyrrole nitrogens is 1. The highest BCUT2D eigenvalue weighted by atomic mass is 19.4. The van der Waals surface area contributed by atoms with Gasteiger partial charge in [0.1, 0.15) is 0 Å². The first-order valence-corrected chi connectivity index (χ1v) is 6.66. The number of benzene rings is 2. The summed E-state index contributed by atoms with van der Waals surface area (Å²) in [6.45, 7) is 1.84. The monoisotopic (exact) mass is 303 g/mol. The number of aromatic amines is 1. The highest BCUT2D eigenvalue weighted by molar-refractivity contribution is 6.05. The van der Waals surface area contributed by atoms with Crippen molar-refractivity contribution < 1.29 is 18.0 Å². The van der Waals surface area contributed by atoms with Crippen molar-refractivity contribution in [2.75, 3.05) is 0 Å². The molecule has 0 bridgehead atoms. The van der Waals surface area contributed by atoms with Crippen molar-refractivity contribution in [3.63, 3.8) is 0 Å². The Hall–Kier alpha value is -2.56. The van der Waals surface area contributed by atoms with Crippen molar-refractivity contribution in [3.05, 3.63) is 59.2 Å². The van der Waals surface area contributed by atoms with E-state index in [0.29, 0.717) is 17.2 Å². The maximum atomic E-state index is 13.2. The summed E-state index contributed by atoms with van der Waals surface area (Å²) in [7, 11) is 0. The fraction of sp³-hybridized carbons (Fsp3) is 0.118. The summed E-state index contributed by atoms with van der Waals surface area (Å²) >= 11 is 0. The summed E-state index contributed by atoms with van der Waals surface area (Å²) in [5.41, 5.74) is 1.21. The Kier molecular flexibility index (Phi) is 3.28. The van der Waals surface area contributed by atoms with E-state index in [1.807, 2.05) is 13.0 Å². The van der Waals surface area contributed by atoms with Gasteiger partial charge in [-0.25, -0.2) is 0 Å². The third-order valence-corrected chi connectivity index (χ3v) is 3.70. The third kappa shape index (κ3) is 2.19. The first-order valence-electron chi connectivity index (χ1n) is 6.66. The van der Waals surface area contributed by atoms with Crippen molar-refractivity contribution in [3.8, 4) is 11.3 Å². The van der Waals surface area contributed by atoms with Gasteiger partial charge < -0.3 is 4.98 Å². The van der Waals surface area contributed by atoms with Crippen LogP contribution in [0.2, 0.25) is 0 Å². The number of carbonyl (C=O) groups is 1. The Morgan fingerprint density at radius 2 is 1.77 bits per heavy atom. The molecule has 112 valence electrons. The third-order valence-electron chi connectivity index (χ3n) is 3.70. The quantitative estimate of drug-likeness (QED) is 0.666. The van der Waals surface area contributed by atoms with Gasteiger partial charge in [0.15, 0.2) is 6.29 Å². The van der Waals surface area contributed by atoms with Gasteiger partial charge in [-0.3, -0.25) is 4.79 Å². The number of para-hydroxylation sites is 1. The van der Waals surface area contributed by atoms with Gasteiger partial charge in [0.2, 0.25) is 0 Å². The van der Waals surface area contributed by atoms with Gasteiger partial charge in [-0.1, -0.05) is 36.4 Å². The normalized spacial score (nSPS) is 11.8. The van der Waals surface area contributed by atoms with Crippen LogP contribution in [0, 0.1) is 6.92 Å². The van der Waals surface area contributed by atoms with E-state index < -0.39 is 11.7 Å². The average Bonchev–Trinajstić information content (AvgIpc) is 2.86. The molecule has 0 radical (unpaired) electrons. The molecule has 0 saturated heterocycles. The van der Waals surface area contributed by atoms with Gasteiger partial charge in [-0.15, -0.1) is 0 Å². The number of aromatic nitrogens is 1. The van der Waals surface area contributed by atoms with E-state index in [0.717, 1.165) is 11.6 Å². The van der Waals surface area contributed by atoms with Gasteiger partial charge in [0, 0.05) is 22.0 Å². The maximum absolute atomic E-state index is 13.2. The minimum absolute atomic E-state index is 0.0206. The second-order valence-corrected chi connectivity index (χ2v) is 5.07. The van der Waals surface area contributed by atoms with Crippen LogP contribution >= 0.6 is 0 Å². The van der Waals surface area contributed by atoms with Gasteiger partial charge >= 0.3 is 6.18 Å². The lowest BCUT2D eigenvalue weighted by Crippen LogP contribution is -2.07. The molecule has 0 aliphatic carbocycles. The average molecular weight is 303 g/mol. The lowest BCUT2D eigenvalue weighted by molar-refractivity contribution is -0.137. The van der Waals surface area contributed by atoms with Crippen molar-refractivity contribution in [1.82, 2.24) is 4.98 Å². The van der Waals surface area contributed by atoms with Crippen molar-refractivity contribution in [1.29, 1.82) is 0 Å². The molecule has 0 fully saturated rings. The number of fused-ring (bicyclic) bond motifs is 1. The maximum Gasteiger partial charge on any atom is 0.417 e. The zero-order valence-electron chi connectivity index (χ0n) is 11.7. The lowest BCUT2D eigenvalue weighted by Gasteiger charge is -2.12. The fourth-order valence-electron chi connectivity index (χ4n) is 2.67. The van der Waals surface area contributed by atoms with Gasteiger partial charge in [0.05, 0.1) is 11.3 Å². The molecule has 22 heavy (non-hydrogen) atoms. The number of alkyl halides is 3. The van der Waals surface area contributed by atoms with Crippen LogP contribution in [-0.2, 0) is 6.18 Å². The molecule has 3 rings (SSSR count). The molecule has 5 heteroatoms. The standard InChI is InChI=1S/C17H12F3NO/c1-10-5-4-7-11-13(9-22)16(21-15(10)11)12-6-2-3-8-14(12)17(18,19)20/h2-9,21H,1H3. The number of carbonyl (C=O) groups excluding carboxylic acids is 1. The molecule has 2 aromatic carbocycles. The zero-order valence-corrected chi connectivity index (χ0v) is 11.7. The Balaban J connectivity index is 2.37. The van der Waals surface area contributed by atoms with Crippen LogP contribution in [0.4, 0.5) is 13.2 Å². The van der Waals surface area contributed by atoms with E-state index in [2.05, 4.69) is 4.98 Å². The molecular weight excluding hydrogens is 291 g/mol. The molecule has 0 amide bonds. The van der Waals surface area contributed by atoms with Crippen LogP contribution < -0.4 is 0 Å². The van der Waals surface area contributed by atoms with E-state index in [1.165, 1.54) is 18.2 Å². The zero-order chi connectivity index (χ0) is 15.9. The molecule has 0 saturated carbocycles. The molecule has 1 aromatic heterocycles. The van der Waals surface area contributed by atoms with Crippen LogP contribution in [0.5, 0.6) is 0 Å². The molecule has 3 aromatic rings. The molecular formula is C17H12F3NO. The summed E-state index contributed by atoms with van der Waals surface area (Å²) in [6, 6.07) is 10.6. The number of hydrogen-bond donors (Lipinski definition) is 1. The second-order valence-electron chi connectivity index (χ2n) is 5.07. The van der Waals surface area contributed by atoms with Crippen molar-refractivity contribution in [2.24, 2.45) is 0 Å². The topological polar surface area (TPSA) is 32.9 Å². The number of rotatable bonds is 2. The molecule has 2 nitrogen and oxygen atoms in total. The van der Waals surface area contributed by atoms with Crippen molar-refractivity contribution in [2.45, 2.75) is 13.1 Å². The number of halogens is 3. The minimum atomic E-state index is -4.48. The second kappa shape index (κ2) is 5.02. The number of aldehydes is 1. The van der Waals surface area contributed by atoms with Crippen LogP contribution in [0.1, 0.15) is 21.5 Å². The molecule has 0 aliphatic rings. The Morgan fingerprint density at radius 1 is 1.05 bits per heavy atom. The van der Waals surface area contributed by atoms with Crippen LogP contribution in [0.15, 0.2) is 42.5 Å². The Bertz CT molecular complexity index is 862. The first-order chi connectivity index (χ1) is 10.4. The first kappa shape index (κ1) is 14.4. The smallest absolute Gasteiger partial charge is 0.354 e.